The SMILES string of the molecule is CN(C)c1nc(NC2CCC(NCC3=COc4ccc(O)cc4C3)CC2)nc2ccccc12. The van der Waals surface area contributed by atoms with E-state index in [1.54, 1.807) is 12.1 Å². The average molecular weight is 446 g/mol. The monoisotopic (exact) mass is 445 g/mol. The topological polar surface area (TPSA) is 82.5 Å². The zero-order valence-electron chi connectivity index (χ0n) is 19.2. The summed E-state index contributed by atoms with van der Waals surface area (Å²) in [6.07, 6.45) is 7.03. The number of ether oxygens (including phenoxy) is 1. The first-order valence-electron chi connectivity index (χ1n) is 11.7. The van der Waals surface area contributed by atoms with Gasteiger partial charge in [-0.1, -0.05) is 12.1 Å². The number of hydrogen-bond donors (Lipinski definition) is 3. The lowest BCUT2D eigenvalue weighted by Crippen LogP contribution is -2.38. The fourth-order valence-electron chi connectivity index (χ4n) is 4.72. The van der Waals surface area contributed by atoms with Crippen LogP contribution in [0, 0.1) is 0 Å². The molecule has 7 heteroatoms. The third kappa shape index (κ3) is 4.88. The molecular weight excluding hydrogens is 414 g/mol. The van der Waals surface area contributed by atoms with E-state index in [9.17, 15) is 5.11 Å². The zero-order chi connectivity index (χ0) is 22.8. The van der Waals surface area contributed by atoms with Crippen molar-refractivity contribution in [2.24, 2.45) is 0 Å². The van der Waals surface area contributed by atoms with Crippen LogP contribution in [-0.4, -0.2) is 47.8 Å². The van der Waals surface area contributed by atoms with Gasteiger partial charge in [-0.05, 0) is 61.6 Å². The van der Waals surface area contributed by atoms with Crippen LogP contribution >= 0.6 is 0 Å². The second kappa shape index (κ2) is 9.27. The minimum absolute atomic E-state index is 0.283. The standard InChI is InChI=1S/C26H31N5O2/c1-31(2)25-22-5-3-4-6-23(22)29-26(30-25)28-20-9-7-19(8-10-20)27-15-17-13-18-14-21(32)11-12-24(18)33-16-17/h3-6,11-12,14,16,19-20,27,32H,7-10,13,15H2,1-2H3,(H,28,29,30). The maximum Gasteiger partial charge on any atom is 0.225 e. The van der Waals surface area contributed by atoms with Gasteiger partial charge in [-0.2, -0.15) is 4.98 Å². The molecule has 2 heterocycles. The Morgan fingerprint density at radius 1 is 1.03 bits per heavy atom. The largest absolute Gasteiger partial charge is 0.508 e. The molecule has 0 saturated heterocycles. The molecular formula is C26H31N5O2. The predicted molar refractivity (Wildman–Crippen MR) is 132 cm³/mol. The van der Waals surface area contributed by atoms with E-state index in [4.69, 9.17) is 14.7 Å². The van der Waals surface area contributed by atoms with Crippen molar-refractivity contribution in [2.45, 2.75) is 44.2 Å². The van der Waals surface area contributed by atoms with Gasteiger partial charge < -0.3 is 25.4 Å². The highest BCUT2D eigenvalue weighted by Crippen LogP contribution is 2.30. The zero-order valence-corrected chi connectivity index (χ0v) is 19.2. The van der Waals surface area contributed by atoms with Crippen molar-refractivity contribution in [1.82, 2.24) is 15.3 Å². The van der Waals surface area contributed by atoms with Crippen molar-refractivity contribution in [1.29, 1.82) is 0 Å². The third-order valence-electron chi connectivity index (χ3n) is 6.50. The van der Waals surface area contributed by atoms with Crippen LogP contribution in [-0.2, 0) is 6.42 Å². The third-order valence-corrected chi connectivity index (χ3v) is 6.50. The number of phenols is 1. The van der Waals surface area contributed by atoms with Crippen molar-refractivity contribution in [2.75, 3.05) is 30.9 Å². The minimum Gasteiger partial charge on any atom is -0.508 e. The number of nitrogens with one attached hydrogen (secondary N) is 2. The summed E-state index contributed by atoms with van der Waals surface area (Å²) in [6, 6.07) is 14.3. The first-order chi connectivity index (χ1) is 16.0. The number of nitrogens with zero attached hydrogens (tertiary/aromatic N) is 3. The molecule has 3 N–H and O–H groups in total. The number of aromatic nitrogens is 2. The summed E-state index contributed by atoms with van der Waals surface area (Å²) >= 11 is 0. The number of benzene rings is 2. The van der Waals surface area contributed by atoms with Gasteiger partial charge >= 0.3 is 0 Å². The molecule has 1 saturated carbocycles. The minimum atomic E-state index is 0.283. The van der Waals surface area contributed by atoms with Gasteiger partial charge in [0, 0.05) is 50.1 Å². The molecule has 1 aliphatic carbocycles. The summed E-state index contributed by atoms with van der Waals surface area (Å²) in [5.74, 6) is 2.76. The summed E-state index contributed by atoms with van der Waals surface area (Å²) in [7, 11) is 4.03. The van der Waals surface area contributed by atoms with Gasteiger partial charge in [0.1, 0.15) is 17.3 Å². The van der Waals surface area contributed by atoms with Gasteiger partial charge in [-0.25, -0.2) is 4.98 Å². The Morgan fingerprint density at radius 3 is 2.64 bits per heavy atom. The molecule has 0 bridgehead atoms. The average Bonchev–Trinajstić information content (AvgIpc) is 2.82. The van der Waals surface area contributed by atoms with E-state index in [0.29, 0.717) is 18.0 Å². The van der Waals surface area contributed by atoms with E-state index >= 15 is 0 Å². The van der Waals surface area contributed by atoms with Crippen LogP contribution in [0.25, 0.3) is 10.9 Å². The molecule has 2 aromatic carbocycles. The highest BCUT2D eigenvalue weighted by Gasteiger charge is 2.23. The molecule has 0 unspecified atom stereocenters. The lowest BCUT2D eigenvalue weighted by molar-refractivity contribution is 0.357. The first-order valence-corrected chi connectivity index (χ1v) is 11.7. The number of rotatable bonds is 6. The summed E-state index contributed by atoms with van der Waals surface area (Å²) < 4.78 is 5.73. The Bertz CT molecular complexity index is 1170. The van der Waals surface area contributed by atoms with Crippen molar-refractivity contribution < 1.29 is 9.84 Å². The van der Waals surface area contributed by atoms with Crippen molar-refractivity contribution >= 4 is 22.7 Å². The number of aromatic hydroxyl groups is 1. The number of para-hydroxylation sites is 1. The molecule has 1 aliphatic heterocycles. The predicted octanol–water partition coefficient (Wildman–Crippen LogP) is 4.23. The lowest BCUT2D eigenvalue weighted by Gasteiger charge is -2.30. The summed E-state index contributed by atoms with van der Waals surface area (Å²) in [6.45, 7) is 0.803. The molecule has 1 fully saturated rings. The highest BCUT2D eigenvalue weighted by atomic mass is 16.5. The Kier molecular flexibility index (Phi) is 6.05. The van der Waals surface area contributed by atoms with Gasteiger partial charge in [0.15, 0.2) is 0 Å². The van der Waals surface area contributed by atoms with Crippen LogP contribution in [0.1, 0.15) is 31.2 Å². The smallest absolute Gasteiger partial charge is 0.225 e. The maximum absolute atomic E-state index is 9.73. The van der Waals surface area contributed by atoms with Gasteiger partial charge in [0.2, 0.25) is 5.95 Å². The fourth-order valence-corrected chi connectivity index (χ4v) is 4.72. The summed E-state index contributed by atoms with van der Waals surface area (Å²) in [5.41, 5.74) is 3.20. The molecule has 0 radical (unpaired) electrons. The van der Waals surface area contributed by atoms with E-state index in [-0.39, 0.29) is 5.75 Å². The normalized spacial score (nSPS) is 20.0. The number of anilines is 2. The molecule has 5 rings (SSSR count). The Labute approximate surface area is 194 Å². The quantitative estimate of drug-likeness (QED) is 0.524. The second-order valence-electron chi connectivity index (χ2n) is 9.22. The number of hydrogen-bond acceptors (Lipinski definition) is 7. The first kappa shape index (κ1) is 21.5. The molecule has 3 aromatic rings. The molecule has 33 heavy (non-hydrogen) atoms. The second-order valence-corrected chi connectivity index (χ2v) is 9.22. The summed E-state index contributed by atoms with van der Waals surface area (Å²) in [4.78, 5) is 11.6. The molecule has 172 valence electrons. The molecule has 2 aliphatic rings. The van der Waals surface area contributed by atoms with Gasteiger partial charge in [0.25, 0.3) is 0 Å². The molecule has 1 aromatic heterocycles. The van der Waals surface area contributed by atoms with Crippen molar-refractivity contribution in [3.63, 3.8) is 0 Å². The van der Waals surface area contributed by atoms with E-state index in [2.05, 4.69) is 16.7 Å². The van der Waals surface area contributed by atoms with Crippen LogP contribution in [0.15, 0.2) is 54.3 Å². The number of phenolic OH excluding ortho intramolecular Hbond substituents is 1. The molecule has 0 atom stereocenters. The highest BCUT2D eigenvalue weighted by molar-refractivity contribution is 5.90. The number of fused-ring (bicyclic) bond motifs is 2. The van der Waals surface area contributed by atoms with Crippen LogP contribution in [0.3, 0.4) is 0 Å². The Morgan fingerprint density at radius 2 is 1.82 bits per heavy atom. The molecule has 0 spiro atoms. The van der Waals surface area contributed by atoms with Gasteiger partial charge in [0.05, 0.1) is 11.8 Å². The van der Waals surface area contributed by atoms with Crippen LogP contribution in [0.5, 0.6) is 11.5 Å². The van der Waals surface area contributed by atoms with E-state index in [1.807, 2.05) is 49.5 Å². The van der Waals surface area contributed by atoms with Crippen LogP contribution in [0.2, 0.25) is 0 Å². The van der Waals surface area contributed by atoms with Crippen LogP contribution in [0.4, 0.5) is 11.8 Å². The van der Waals surface area contributed by atoms with E-state index < -0.39 is 0 Å². The van der Waals surface area contributed by atoms with Crippen molar-refractivity contribution in [3.8, 4) is 11.5 Å². The Hall–Kier alpha value is -3.32. The molecule has 7 nitrogen and oxygen atoms in total. The van der Waals surface area contributed by atoms with Crippen molar-refractivity contribution in [3.05, 3.63) is 59.9 Å². The maximum atomic E-state index is 9.73. The molecule has 0 amide bonds. The lowest BCUT2D eigenvalue weighted by atomic mass is 9.91. The summed E-state index contributed by atoms with van der Waals surface area (Å²) in [5, 5.41) is 18.1. The van der Waals surface area contributed by atoms with Gasteiger partial charge in [-0.15, -0.1) is 0 Å². The Balaban J connectivity index is 1.14. The fraction of sp³-hybridized carbons (Fsp3) is 0.385. The van der Waals surface area contributed by atoms with Gasteiger partial charge in [-0.3, -0.25) is 0 Å². The van der Waals surface area contributed by atoms with E-state index in [1.165, 1.54) is 5.57 Å². The van der Waals surface area contributed by atoms with Crippen LogP contribution < -0.4 is 20.3 Å². The van der Waals surface area contributed by atoms with E-state index in [0.717, 1.165) is 66.7 Å².